The summed E-state index contributed by atoms with van der Waals surface area (Å²) in [7, 11) is 1.86. The Labute approximate surface area is 154 Å². The molecule has 1 unspecified atom stereocenters. The van der Waals surface area contributed by atoms with Gasteiger partial charge in [0.15, 0.2) is 0 Å². The van der Waals surface area contributed by atoms with E-state index in [-0.39, 0.29) is 24.4 Å². The van der Waals surface area contributed by atoms with Gasteiger partial charge in [-0.2, -0.15) is 0 Å². The number of para-hydroxylation sites is 2. The van der Waals surface area contributed by atoms with Gasteiger partial charge in [0.05, 0.1) is 17.1 Å². The van der Waals surface area contributed by atoms with Crippen LogP contribution in [0.5, 0.6) is 0 Å². The van der Waals surface area contributed by atoms with Crippen LogP contribution in [-0.4, -0.2) is 51.3 Å². The van der Waals surface area contributed by atoms with Crippen molar-refractivity contribution >= 4 is 22.8 Å². The van der Waals surface area contributed by atoms with E-state index >= 15 is 0 Å². The van der Waals surface area contributed by atoms with Gasteiger partial charge in [0, 0.05) is 27.1 Å². The summed E-state index contributed by atoms with van der Waals surface area (Å²) in [5.74, 6) is 0.976. The third kappa shape index (κ3) is 3.59. The lowest BCUT2D eigenvalue weighted by atomic mass is 10.2. The van der Waals surface area contributed by atoms with Crippen molar-refractivity contribution in [1.29, 1.82) is 0 Å². The topological polar surface area (TPSA) is 58.4 Å². The smallest absolute Gasteiger partial charge is 0.242 e. The molecule has 26 heavy (non-hydrogen) atoms. The molecule has 1 saturated heterocycles. The Hall–Kier alpha value is -2.37. The highest BCUT2D eigenvalue weighted by Crippen LogP contribution is 2.33. The maximum Gasteiger partial charge on any atom is 0.242 e. The normalized spacial score (nSPS) is 17.0. The van der Waals surface area contributed by atoms with E-state index in [1.807, 2.05) is 40.8 Å². The SMILES string of the molecule is CCCCN(C)C(=O)Cn1c(C2CCCN2C(C)=O)nc2ccccc21. The van der Waals surface area contributed by atoms with Crippen molar-refractivity contribution < 1.29 is 9.59 Å². The van der Waals surface area contributed by atoms with Gasteiger partial charge < -0.3 is 14.4 Å². The quantitative estimate of drug-likeness (QED) is 0.799. The summed E-state index contributed by atoms with van der Waals surface area (Å²) in [5, 5.41) is 0. The molecule has 1 aliphatic rings. The molecule has 2 aromatic rings. The van der Waals surface area contributed by atoms with Crippen LogP contribution in [0.1, 0.15) is 51.4 Å². The van der Waals surface area contributed by atoms with Gasteiger partial charge in [0.25, 0.3) is 0 Å². The highest BCUT2D eigenvalue weighted by Gasteiger charge is 2.32. The number of unbranched alkanes of at least 4 members (excludes halogenated alkanes) is 1. The molecule has 6 heteroatoms. The molecule has 140 valence electrons. The molecule has 0 saturated carbocycles. The molecule has 0 N–H and O–H groups in total. The van der Waals surface area contributed by atoms with Crippen LogP contribution in [-0.2, 0) is 16.1 Å². The largest absolute Gasteiger partial charge is 0.344 e. The van der Waals surface area contributed by atoms with Crippen LogP contribution in [0.2, 0.25) is 0 Å². The van der Waals surface area contributed by atoms with E-state index in [2.05, 4.69) is 6.92 Å². The summed E-state index contributed by atoms with van der Waals surface area (Å²) < 4.78 is 2.01. The van der Waals surface area contributed by atoms with Crippen molar-refractivity contribution in [2.24, 2.45) is 0 Å². The Balaban J connectivity index is 1.95. The first-order valence-corrected chi connectivity index (χ1v) is 9.49. The standard InChI is InChI=1S/C20H28N4O2/c1-4-5-12-22(3)19(26)14-24-17-10-7-6-9-16(17)21-20(24)18-11-8-13-23(18)15(2)25/h6-7,9-10,18H,4-5,8,11-14H2,1-3H3. The molecule has 1 atom stereocenters. The molecule has 1 aromatic carbocycles. The lowest BCUT2D eigenvalue weighted by molar-refractivity contribution is -0.130. The van der Waals surface area contributed by atoms with Crippen LogP contribution < -0.4 is 0 Å². The van der Waals surface area contributed by atoms with Crippen LogP contribution in [0.4, 0.5) is 0 Å². The van der Waals surface area contributed by atoms with Gasteiger partial charge in [-0.05, 0) is 31.4 Å². The van der Waals surface area contributed by atoms with Crippen LogP contribution in [0.15, 0.2) is 24.3 Å². The summed E-state index contributed by atoms with van der Waals surface area (Å²) in [6.07, 6.45) is 3.92. The van der Waals surface area contributed by atoms with E-state index in [1.165, 1.54) is 0 Å². The van der Waals surface area contributed by atoms with Gasteiger partial charge in [0.1, 0.15) is 12.4 Å². The third-order valence-electron chi connectivity index (χ3n) is 5.21. The minimum atomic E-state index is -0.0475. The number of fused-ring (bicyclic) bond motifs is 1. The Morgan fingerprint density at radius 1 is 1.31 bits per heavy atom. The summed E-state index contributed by atoms with van der Waals surface area (Å²) in [6.45, 7) is 5.51. The maximum absolute atomic E-state index is 12.7. The molecule has 0 bridgehead atoms. The van der Waals surface area contributed by atoms with E-state index in [9.17, 15) is 9.59 Å². The number of hydrogen-bond acceptors (Lipinski definition) is 3. The Bertz CT molecular complexity index is 798. The molecule has 0 radical (unpaired) electrons. The van der Waals surface area contributed by atoms with E-state index in [0.717, 1.165) is 55.6 Å². The summed E-state index contributed by atoms with van der Waals surface area (Å²) in [6, 6.07) is 7.84. The fourth-order valence-corrected chi connectivity index (χ4v) is 3.70. The highest BCUT2D eigenvalue weighted by molar-refractivity contribution is 5.81. The summed E-state index contributed by atoms with van der Waals surface area (Å²) in [4.78, 5) is 33.2. The molecule has 6 nitrogen and oxygen atoms in total. The Kier molecular flexibility index (Phi) is 5.59. The predicted octanol–water partition coefficient (Wildman–Crippen LogP) is 2.98. The second kappa shape index (κ2) is 7.89. The molecule has 3 rings (SSSR count). The number of imidazole rings is 1. The third-order valence-corrected chi connectivity index (χ3v) is 5.21. The van der Waals surface area contributed by atoms with Gasteiger partial charge >= 0.3 is 0 Å². The van der Waals surface area contributed by atoms with Crippen molar-refractivity contribution in [2.45, 2.75) is 52.1 Å². The summed E-state index contributed by atoms with van der Waals surface area (Å²) >= 11 is 0. The lowest BCUT2D eigenvalue weighted by Gasteiger charge is -2.24. The van der Waals surface area contributed by atoms with Crippen LogP contribution in [0, 0.1) is 0 Å². The van der Waals surface area contributed by atoms with E-state index < -0.39 is 0 Å². The molecular weight excluding hydrogens is 328 g/mol. The van der Waals surface area contributed by atoms with Gasteiger partial charge in [-0.1, -0.05) is 25.5 Å². The van der Waals surface area contributed by atoms with Gasteiger partial charge in [-0.3, -0.25) is 9.59 Å². The number of carbonyl (C=O) groups is 2. The second-order valence-corrected chi connectivity index (χ2v) is 7.08. The number of benzene rings is 1. The first-order chi connectivity index (χ1) is 12.5. The zero-order valence-electron chi connectivity index (χ0n) is 15.9. The lowest BCUT2D eigenvalue weighted by Crippen LogP contribution is -2.33. The van der Waals surface area contributed by atoms with Crippen molar-refractivity contribution in [3.63, 3.8) is 0 Å². The molecule has 1 aliphatic heterocycles. The van der Waals surface area contributed by atoms with Gasteiger partial charge in [-0.25, -0.2) is 4.98 Å². The number of nitrogens with zero attached hydrogens (tertiary/aromatic N) is 4. The van der Waals surface area contributed by atoms with E-state index in [4.69, 9.17) is 4.98 Å². The zero-order chi connectivity index (χ0) is 18.7. The highest BCUT2D eigenvalue weighted by atomic mass is 16.2. The van der Waals surface area contributed by atoms with Gasteiger partial charge in [0.2, 0.25) is 11.8 Å². The molecule has 2 heterocycles. The first kappa shape index (κ1) is 18.4. The average Bonchev–Trinajstić information content (AvgIpc) is 3.24. The summed E-state index contributed by atoms with van der Waals surface area (Å²) in [5.41, 5.74) is 1.83. The predicted molar refractivity (Wildman–Crippen MR) is 102 cm³/mol. The number of rotatable bonds is 6. The zero-order valence-corrected chi connectivity index (χ0v) is 15.9. The number of likely N-dealkylation sites (N-methyl/N-ethyl adjacent to an activating group) is 1. The molecule has 1 aromatic heterocycles. The monoisotopic (exact) mass is 356 g/mol. The molecule has 0 spiro atoms. The molecule has 0 aliphatic carbocycles. The fraction of sp³-hybridized carbons (Fsp3) is 0.550. The number of hydrogen-bond donors (Lipinski definition) is 0. The van der Waals surface area contributed by atoms with Crippen molar-refractivity contribution in [2.75, 3.05) is 20.1 Å². The number of carbonyl (C=O) groups excluding carboxylic acids is 2. The van der Waals surface area contributed by atoms with Gasteiger partial charge in [-0.15, -0.1) is 0 Å². The molecule has 1 fully saturated rings. The minimum absolute atomic E-state index is 0.0475. The second-order valence-electron chi connectivity index (χ2n) is 7.08. The van der Waals surface area contributed by atoms with Crippen molar-refractivity contribution in [3.05, 3.63) is 30.1 Å². The van der Waals surface area contributed by atoms with Crippen molar-refractivity contribution in [3.8, 4) is 0 Å². The average molecular weight is 356 g/mol. The number of likely N-dealkylation sites (tertiary alicyclic amines) is 1. The van der Waals surface area contributed by atoms with Crippen molar-refractivity contribution in [1.82, 2.24) is 19.4 Å². The Morgan fingerprint density at radius 2 is 2.08 bits per heavy atom. The van der Waals surface area contributed by atoms with Crippen LogP contribution in [0.3, 0.4) is 0 Å². The molecule has 2 amide bonds. The van der Waals surface area contributed by atoms with Crippen LogP contribution >= 0.6 is 0 Å². The number of amides is 2. The first-order valence-electron chi connectivity index (χ1n) is 9.49. The minimum Gasteiger partial charge on any atom is -0.344 e. The van der Waals surface area contributed by atoms with E-state index in [1.54, 1.807) is 11.8 Å². The maximum atomic E-state index is 12.7. The number of aromatic nitrogens is 2. The Morgan fingerprint density at radius 3 is 2.81 bits per heavy atom. The van der Waals surface area contributed by atoms with E-state index in [0.29, 0.717) is 0 Å². The molecular formula is C20H28N4O2. The van der Waals surface area contributed by atoms with Crippen LogP contribution in [0.25, 0.3) is 11.0 Å². The fourth-order valence-electron chi connectivity index (χ4n) is 3.70.